The van der Waals surface area contributed by atoms with Gasteiger partial charge in [-0.1, -0.05) is 35.4 Å². The summed E-state index contributed by atoms with van der Waals surface area (Å²) in [5, 5.41) is 1.33. The zero-order valence-electron chi connectivity index (χ0n) is 17.9. The first-order valence-corrected chi connectivity index (χ1v) is 11.8. The van der Waals surface area contributed by atoms with Gasteiger partial charge in [-0.2, -0.15) is 0 Å². The number of pyridine rings is 1. The molecule has 0 saturated carbocycles. The monoisotopic (exact) mass is 467 g/mol. The molecule has 8 heteroatoms. The maximum Gasteiger partial charge on any atom is 0.281 e. The van der Waals surface area contributed by atoms with Crippen LogP contribution in [0, 0.1) is 20.8 Å². The molecule has 164 valence electrons. The number of carbonyl (C=O) groups excluding carboxylic acids is 1. The van der Waals surface area contributed by atoms with E-state index in [1.807, 2.05) is 31.4 Å². The third-order valence-electron chi connectivity index (χ3n) is 5.44. The molecule has 6 nitrogen and oxygen atoms in total. The van der Waals surface area contributed by atoms with Gasteiger partial charge < -0.3 is 4.57 Å². The third kappa shape index (κ3) is 4.26. The Morgan fingerprint density at radius 1 is 1.00 bits per heavy atom. The summed E-state index contributed by atoms with van der Waals surface area (Å²) in [7, 11) is -4.04. The molecular formula is C24H22ClN3O3S. The van der Waals surface area contributed by atoms with Crippen molar-refractivity contribution in [1.29, 1.82) is 0 Å². The van der Waals surface area contributed by atoms with Gasteiger partial charge in [-0.3, -0.25) is 9.78 Å². The van der Waals surface area contributed by atoms with Gasteiger partial charge in [0.05, 0.1) is 10.4 Å². The number of sulfonamides is 1. The molecular weight excluding hydrogens is 446 g/mol. The van der Waals surface area contributed by atoms with Crippen molar-refractivity contribution in [2.24, 2.45) is 0 Å². The number of aromatic nitrogens is 2. The Bertz CT molecular complexity index is 1420. The minimum atomic E-state index is -4.04. The number of hydrogen-bond donors (Lipinski definition) is 1. The highest BCUT2D eigenvalue weighted by Crippen LogP contribution is 2.27. The maximum absolute atomic E-state index is 13.2. The summed E-state index contributed by atoms with van der Waals surface area (Å²) >= 11 is 6.24. The van der Waals surface area contributed by atoms with Crippen LogP contribution >= 0.6 is 11.6 Å². The molecule has 32 heavy (non-hydrogen) atoms. The highest BCUT2D eigenvalue weighted by Gasteiger charge is 2.23. The van der Waals surface area contributed by atoms with E-state index in [1.165, 1.54) is 24.5 Å². The molecule has 1 amide bonds. The Labute approximate surface area is 191 Å². The van der Waals surface area contributed by atoms with Gasteiger partial charge in [0.25, 0.3) is 15.9 Å². The first-order valence-electron chi connectivity index (χ1n) is 9.98. The van der Waals surface area contributed by atoms with Gasteiger partial charge in [0.1, 0.15) is 5.69 Å². The largest absolute Gasteiger partial charge is 0.332 e. The van der Waals surface area contributed by atoms with E-state index in [-0.39, 0.29) is 10.6 Å². The van der Waals surface area contributed by atoms with Crippen LogP contribution in [0.3, 0.4) is 0 Å². The van der Waals surface area contributed by atoms with Gasteiger partial charge >= 0.3 is 0 Å². The second kappa shape index (κ2) is 8.41. The van der Waals surface area contributed by atoms with Crippen LogP contribution in [0.5, 0.6) is 0 Å². The standard InChI is InChI=1S/C24H22ClN3O3S/c1-15-10-16(2)21(17(3)11-15)14-28-22-13-19(25)5-4-18(22)12-23(28)24(29)27-32(30,31)20-6-8-26-9-7-20/h4-13H,14H2,1-3H3,(H,27,29). The van der Waals surface area contributed by atoms with E-state index in [9.17, 15) is 13.2 Å². The number of benzene rings is 2. The molecule has 0 radical (unpaired) electrons. The molecule has 2 aromatic carbocycles. The molecule has 0 atom stereocenters. The molecule has 0 unspecified atom stereocenters. The zero-order chi connectivity index (χ0) is 23.0. The summed E-state index contributed by atoms with van der Waals surface area (Å²) in [4.78, 5) is 17.0. The molecule has 0 saturated heterocycles. The molecule has 0 fully saturated rings. The summed E-state index contributed by atoms with van der Waals surface area (Å²) in [6.07, 6.45) is 2.72. The number of nitrogens with one attached hydrogen (secondary N) is 1. The summed E-state index contributed by atoms with van der Waals surface area (Å²) < 4.78 is 29.4. The lowest BCUT2D eigenvalue weighted by molar-refractivity contribution is 0.0973. The smallest absolute Gasteiger partial charge is 0.281 e. The molecule has 2 heterocycles. The second-order valence-electron chi connectivity index (χ2n) is 7.81. The number of rotatable bonds is 5. The van der Waals surface area contributed by atoms with E-state index in [1.54, 1.807) is 18.2 Å². The fourth-order valence-electron chi connectivity index (χ4n) is 3.95. The van der Waals surface area contributed by atoms with E-state index >= 15 is 0 Å². The van der Waals surface area contributed by atoms with Crippen LogP contribution in [0.1, 0.15) is 32.7 Å². The minimum Gasteiger partial charge on any atom is -0.332 e. The molecule has 2 aromatic heterocycles. The number of fused-ring (bicyclic) bond motifs is 1. The number of amides is 1. The van der Waals surface area contributed by atoms with Crippen molar-refractivity contribution < 1.29 is 13.2 Å². The molecule has 4 aromatic rings. The molecule has 1 N–H and O–H groups in total. The molecule has 0 aliphatic rings. The van der Waals surface area contributed by atoms with E-state index in [0.29, 0.717) is 11.6 Å². The van der Waals surface area contributed by atoms with Crippen LogP contribution in [0.15, 0.2) is 65.8 Å². The molecule has 0 bridgehead atoms. The van der Waals surface area contributed by atoms with Gasteiger partial charge in [0, 0.05) is 29.3 Å². The number of aryl methyl sites for hydroxylation is 3. The van der Waals surface area contributed by atoms with Crippen molar-refractivity contribution in [3.63, 3.8) is 0 Å². The lowest BCUT2D eigenvalue weighted by atomic mass is 9.99. The average molecular weight is 468 g/mol. The van der Waals surface area contributed by atoms with Crippen LogP contribution in [-0.2, 0) is 16.6 Å². The predicted molar refractivity (Wildman–Crippen MR) is 126 cm³/mol. The first-order chi connectivity index (χ1) is 15.2. The van der Waals surface area contributed by atoms with Crippen LogP contribution in [0.2, 0.25) is 5.02 Å². The molecule has 0 spiro atoms. The molecule has 0 aliphatic heterocycles. The van der Waals surface area contributed by atoms with Crippen molar-refractivity contribution in [2.75, 3.05) is 0 Å². The van der Waals surface area contributed by atoms with Crippen molar-refractivity contribution in [3.8, 4) is 0 Å². The van der Waals surface area contributed by atoms with Gasteiger partial charge in [0.2, 0.25) is 0 Å². The van der Waals surface area contributed by atoms with Gasteiger partial charge in [-0.15, -0.1) is 0 Å². The number of carbonyl (C=O) groups is 1. The Hall–Kier alpha value is -3.16. The SMILES string of the molecule is Cc1cc(C)c(Cn2c(C(=O)NS(=O)(=O)c3ccncc3)cc3ccc(Cl)cc32)c(C)c1. The second-order valence-corrected chi connectivity index (χ2v) is 9.93. The van der Waals surface area contributed by atoms with Crippen LogP contribution in [0.25, 0.3) is 10.9 Å². The van der Waals surface area contributed by atoms with Crippen LogP contribution < -0.4 is 4.72 Å². The Kier molecular flexibility index (Phi) is 5.79. The Morgan fingerprint density at radius 3 is 2.31 bits per heavy atom. The number of hydrogen-bond acceptors (Lipinski definition) is 4. The summed E-state index contributed by atoms with van der Waals surface area (Å²) in [5.41, 5.74) is 5.41. The van der Waals surface area contributed by atoms with Crippen molar-refractivity contribution in [3.05, 3.63) is 93.9 Å². The van der Waals surface area contributed by atoms with Crippen molar-refractivity contribution in [1.82, 2.24) is 14.3 Å². The van der Waals surface area contributed by atoms with E-state index in [2.05, 4.69) is 21.8 Å². The number of halogens is 1. The van der Waals surface area contributed by atoms with Gasteiger partial charge in [-0.25, -0.2) is 13.1 Å². The zero-order valence-corrected chi connectivity index (χ0v) is 19.5. The third-order valence-corrected chi connectivity index (χ3v) is 7.02. The van der Waals surface area contributed by atoms with E-state index < -0.39 is 15.9 Å². The van der Waals surface area contributed by atoms with Crippen LogP contribution in [-0.4, -0.2) is 23.9 Å². The van der Waals surface area contributed by atoms with E-state index in [4.69, 9.17) is 11.6 Å². The van der Waals surface area contributed by atoms with Crippen molar-refractivity contribution >= 4 is 38.4 Å². The average Bonchev–Trinajstić information content (AvgIpc) is 3.08. The normalized spacial score (nSPS) is 11.6. The van der Waals surface area contributed by atoms with Crippen LogP contribution in [0.4, 0.5) is 0 Å². The molecule has 4 rings (SSSR count). The quantitative estimate of drug-likeness (QED) is 0.458. The summed E-state index contributed by atoms with van der Waals surface area (Å²) in [5.74, 6) is -0.712. The fraction of sp³-hybridized carbons (Fsp3) is 0.167. The Balaban J connectivity index is 1.81. The number of nitrogens with zero attached hydrogens (tertiary/aromatic N) is 2. The lowest BCUT2D eigenvalue weighted by Gasteiger charge is -2.16. The van der Waals surface area contributed by atoms with E-state index in [0.717, 1.165) is 33.2 Å². The maximum atomic E-state index is 13.2. The predicted octanol–water partition coefficient (Wildman–Crippen LogP) is 4.78. The van der Waals surface area contributed by atoms with Gasteiger partial charge in [0.15, 0.2) is 0 Å². The first kappa shape index (κ1) is 22.0. The van der Waals surface area contributed by atoms with Gasteiger partial charge in [-0.05, 0) is 67.8 Å². The summed E-state index contributed by atoms with van der Waals surface area (Å²) in [6.45, 7) is 6.50. The fourth-order valence-corrected chi connectivity index (χ4v) is 5.07. The topological polar surface area (TPSA) is 81.1 Å². The Morgan fingerprint density at radius 2 is 1.66 bits per heavy atom. The summed E-state index contributed by atoms with van der Waals surface area (Å²) in [6, 6.07) is 13.9. The highest BCUT2D eigenvalue weighted by molar-refractivity contribution is 7.90. The minimum absolute atomic E-state index is 0.0308. The lowest BCUT2D eigenvalue weighted by Crippen LogP contribution is -2.32. The van der Waals surface area contributed by atoms with Crippen molar-refractivity contribution in [2.45, 2.75) is 32.2 Å². The molecule has 0 aliphatic carbocycles. The highest BCUT2D eigenvalue weighted by atomic mass is 35.5.